The molecule has 0 radical (unpaired) electrons. The molecule has 0 aliphatic carbocycles. The first kappa shape index (κ1) is 13.6. The van der Waals surface area contributed by atoms with E-state index in [1.807, 2.05) is 24.3 Å². The van der Waals surface area contributed by atoms with Crippen LogP contribution in [0.1, 0.15) is 33.6 Å². The Morgan fingerprint density at radius 1 is 1.29 bits per heavy atom. The van der Waals surface area contributed by atoms with Gasteiger partial charge in [0.2, 0.25) is 5.91 Å². The van der Waals surface area contributed by atoms with Crippen LogP contribution in [0.5, 0.6) is 0 Å². The molecule has 94 valence electrons. The van der Waals surface area contributed by atoms with Crippen molar-refractivity contribution in [2.24, 2.45) is 5.92 Å². The summed E-state index contributed by atoms with van der Waals surface area (Å²) in [5.74, 6) is 0.712. The number of anilines is 2. The number of carbonyl (C=O) groups is 1. The first-order chi connectivity index (χ1) is 8.08. The third-order valence-corrected chi connectivity index (χ3v) is 2.47. The zero-order chi connectivity index (χ0) is 12.7. The van der Waals surface area contributed by atoms with Crippen molar-refractivity contribution in [1.29, 1.82) is 0 Å². The van der Waals surface area contributed by atoms with Crippen molar-refractivity contribution in [3.8, 4) is 0 Å². The van der Waals surface area contributed by atoms with Crippen molar-refractivity contribution in [2.75, 3.05) is 17.2 Å². The highest BCUT2D eigenvalue weighted by molar-refractivity contribution is 5.89. The van der Waals surface area contributed by atoms with Crippen molar-refractivity contribution in [1.82, 2.24) is 0 Å². The molecule has 2 N–H and O–H groups in total. The Balaban J connectivity index is 2.40. The SMILES string of the molecule is CC(=O)Nc1cccc(NCCCC(C)C)c1. The van der Waals surface area contributed by atoms with E-state index < -0.39 is 0 Å². The molecule has 0 aliphatic heterocycles. The number of nitrogens with one attached hydrogen (secondary N) is 2. The van der Waals surface area contributed by atoms with Gasteiger partial charge in [-0.3, -0.25) is 4.79 Å². The molecule has 0 aliphatic rings. The van der Waals surface area contributed by atoms with Crippen LogP contribution in [-0.4, -0.2) is 12.5 Å². The predicted octanol–water partition coefficient (Wildman–Crippen LogP) is 3.49. The van der Waals surface area contributed by atoms with E-state index in [0.29, 0.717) is 0 Å². The maximum Gasteiger partial charge on any atom is 0.221 e. The highest BCUT2D eigenvalue weighted by atomic mass is 16.1. The van der Waals surface area contributed by atoms with E-state index in [-0.39, 0.29) is 5.91 Å². The number of hydrogen-bond acceptors (Lipinski definition) is 2. The summed E-state index contributed by atoms with van der Waals surface area (Å²) >= 11 is 0. The molecule has 17 heavy (non-hydrogen) atoms. The lowest BCUT2D eigenvalue weighted by Crippen LogP contribution is -2.07. The van der Waals surface area contributed by atoms with Crippen LogP contribution >= 0.6 is 0 Å². The Hall–Kier alpha value is -1.51. The van der Waals surface area contributed by atoms with Crippen LogP contribution in [0.15, 0.2) is 24.3 Å². The van der Waals surface area contributed by atoms with E-state index in [0.717, 1.165) is 23.8 Å². The molecule has 3 nitrogen and oxygen atoms in total. The molecule has 1 amide bonds. The fourth-order valence-electron chi connectivity index (χ4n) is 1.65. The van der Waals surface area contributed by atoms with E-state index >= 15 is 0 Å². The number of carbonyl (C=O) groups excluding carboxylic acids is 1. The molecule has 1 aromatic carbocycles. The van der Waals surface area contributed by atoms with Crippen LogP contribution < -0.4 is 10.6 Å². The van der Waals surface area contributed by atoms with Crippen LogP contribution in [0.25, 0.3) is 0 Å². The average molecular weight is 234 g/mol. The first-order valence-corrected chi connectivity index (χ1v) is 6.19. The molecular weight excluding hydrogens is 212 g/mol. The van der Waals surface area contributed by atoms with Gasteiger partial charge >= 0.3 is 0 Å². The van der Waals surface area contributed by atoms with Gasteiger partial charge in [-0.15, -0.1) is 0 Å². The normalized spacial score (nSPS) is 10.4. The largest absolute Gasteiger partial charge is 0.385 e. The molecule has 3 heteroatoms. The number of rotatable bonds is 6. The van der Waals surface area contributed by atoms with Gasteiger partial charge in [-0.05, 0) is 37.0 Å². The minimum absolute atomic E-state index is 0.0399. The second kappa shape index (κ2) is 6.94. The molecule has 1 aromatic rings. The molecule has 0 saturated heterocycles. The zero-order valence-electron chi connectivity index (χ0n) is 10.9. The van der Waals surface area contributed by atoms with Crippen LogP contribution in [0.2, 0.25) is 0 Å². The van der Waals surface area contributed by atoms with Gasteiger partial charge in [0.25, 0.3) is 0 Å². The Morgan fingerprint density at radius 2 is 2.00 bits per heavy atom. The van der Waals surface area contributed by atoms with Gasteiger partial charge in [0.1, 0.15) is 0 Å². The van der Waals surface area contributed by atoms with Crippen molar-refractivity contribution < 1.29 is 4.79 Å². The fraction of sp³-hybridized carbons (Fsp3) is 0.500. The van der Waals surface area contributed by atoms with Gasteiger partial charge < -0.3 is 10.6 Å². The van der Waals surface area contributed by atoms with E-state index in [9.17, 15) is 4.79 Å². The molecule has 1 rings (SSSR count). The van der Waals surface area contributed by atoms with Gasteiger partial charge in [0, 0.05) is 24.8 Å². The highest BCUT2D eigenvalue weighted by Gasteiger charge is 1.98. The van der Waals surface area contributed by atoms with Crippen molar-refractivity contribution in [3.63, 3.8) is 0 Å². The van der Waals surface area contributed by atoms with E-state index in [1.165, 1.54) is 19.8 Å². The van der Waals surface area contributed by atoms with Gasteiger partial charge in [0.15, 0.2) is 0 Å². The Bertz CT molecular complexity index is 361. The summed E-state index contributed by atoms with van der Waals surface area (Å²) in [6.45, 7) is 6.96. The second-order valence-corrected chi connectivity index (χ2v) is 4.72. The van der Waals surface area contributed by atoms with Gasteiger partial charge in [-0.2, -0.15) is 0 Å². The van der Waals surface area contributed by atoms with Crippen molar-refractivity contribution in [3.05, 3.63) is 24.3 Å². The standard InChI is InChI=1S/C14H22N2O/c1-11(2)6-5-9-15-13-7-4-8-14(10-13)16-12(3)17/h4,7-8,10-11,15H,5-6,9H2,1-3H3,(H,16,17). The predicted molar refractivity (Wildman–Crippen MR) is 73.3 cm³/mol. The zero-order valence-corrected chi connectivity index (χ0v) is 10.9. The summed E-state index contributed by atoms with van der Waals surface area (Å²) in [5, 5.41) is 6.14. The number of amides is 1. The van der Waals surface area contributed by atoms with Gasteiger partial charge in [-0.1, -0.05) is 19.9 Å². The van der Waals surface area contributed by atoms with Gasteiger partial charge in [-0.25, -0.2) is 0 Å². The lowest BCUT2D eigenvalue weighted by atomic mass is 10.1. The summed E-state index contributed by atoms with van der Waals surface area (Å²) < 4.78 is 0. The topological polar surface area (TPSA) is 41.1 Å². The summed E-state index contributed by atoms with van der Waals surface area (Å²) in [7, 11) is 0. The van der Waals surface area contributed by atoms with Crippen molar-refractivity contribution in [2.45, 2.75) is 33.6 Å². The quantitative estimate of drug-likeness (QED) is 0.740. The minimum Gasteiger partial charge on any atom is -0.385 e. The van der Waals surface area contributed by atoms with Crippen LogP contribution in [-0.2, 0) is 4.79 Å². The molecule has 0 saturated carbocycles. The van der Waals surface area contributed by atoms with E-state index in [2.05, 4.69) is 24.5 Å². The smallest absolute Gasteiger partial charge is 0.221 e. The summed E-state index contributed by atoms with van der Waals surface area (Å²) in [6, 6.07) is 7.80. The molecule has 0 heterocycles. The third-order valence-electron chi connectivity index (χ3n) is 2.47. The maximum atomic E-state index is 10.9. The number of hydrogen-bond donors (Lipinski definition) is 2. The molecule has 0 atom stereocenters. The maximum absolute atomic E-state index is 10.9. The van der Waals surface area contributed by atoms with E-state index in [4.69, 9.17) is 0 Å². The van der Waals surface area contributed by atoms with Gasteiger partial charge in [0.05, 0.1) is 0 Å². The molecule has 0 spiro atoms. The molecular formula is C14H22N2O. The Labute approximate surface area is 104 Å². The average Bonchev–Trinajstić information content (AvgIpc) is 2.24. The van der Waals surface area contributed by atoms with Crippen LogP contribution in [0.4, 0.5) is 11.4 Å². The fourth-order valence-corrected chi connectivity index (χ4v) is 1.65. The second-order valence-electron chi connectivity index (χ2n) is 4.72. The first-order valence-electron chi connectivity index (χ1n) is 6.19. The van der Waals surface area contributed by atoms with Crippen LogP contribution in [0, 0.1) is 5.92 Å². The molecule has 0 fully saturated rings. The van der Waals surface area contributed by atoms with E-state index in [1.54, 1.807) is 0 Å². The molecule has 0 unspecified atom stereocenters. The third kappa shape index (κ3) is 5.95. The summed E-state index contributed by atoms with van der Waals surface area (Å²) in [6.07, 6.45) is 2.40. The lowest BCUT2D eigenvalue weighted by Gasteiger charge is -2.09. The monoisotopic (exact) mass is 234 g/mol. The van der Waals surface area contributed by atoms with Crippen molar-refractivity contribution >= 4 is 17.3 Å². The Kier molecular flexibility index (Phi) is 5.53. The summed E-state index contributed by atoms with van der Waals surface area (Å²) in [4.78, 5) is 10.9. The molecule has 0 aromatic heterocycles. The number of benzene rings is 1. The Morgan fingerprint density at radius 3 is 2.65 bits per heavy atom. The van der Waals surface area contributed by atoms with Crippen LogP contribution in [0.3, 0.4) is 0 Å². The molecule has 0 bridgehead atoms. The summed E-state index contributed by atoms with van der Waals surface area (Å²) in [5.41, 5.74) is 1.89. The minimum atomic E-state index is -0.0399. The lowest BCUT2D eigenvalue weighted by molar-refractivity contribution is -0.114. The highest BCUT2D eigenvalue weighted by Crippen LogP contribution is 2.15.